The molecule has 4 heterocycles. The van der Waals surface area contributed by atoms with Crippen molar-refractivity contribution in [1.82, 2.24) is 23.9 Å². The van der Waals surface area contributed by atoms with Crippen LogP contribution in [0.15, 0.2) is 37.2 Å². The first-order valence-electron chi connectivity index (χ1n) is 14.6. The molecule has 0 radical (unpaired) electrons. The van der Waals surface area contributed by atoms with E-state index in [2.05, 4.69) is 60.6 Å². The van der Waals surface area contributed by atoms with Crippen LogP contribution < -0.4 is 0 Å². The number of hydrogen-bond donors (Lipinski definition) is 0. The predicted molar refractivity (Wildman–Crippen MR) is 152 cm³/mol. The Bertz CT molecular complexity index is 1150. The number of carbonyl (C=O) groups excluding carboxylic acids is 3. The molecule has 2 aliphatic heterocycles. The number of hydrogen-bond acceptors (Lipinski definition) is 4. The van der Waals surface area contributed by atoms with Crippen LogP contribution in [0, 0.1) is 5.92 Å². The highest BCUT2D eigenvalue weighted by Crippen LogP contribution is 2.42. The van der Waals surface area contributed by atoms with Gasteiger partial charge in [-0.05, 0) is 79.2 Å². The lowest BCUT2D eigenvalue weighted by molar-refractivity contribution is -0.148. The quantitative estimate of drug-likeness (QED) is 0.366. The van der Waals surface area contributed by atoms with Crippen LogP contribution in [0.25, 0.3) is 0 Å². The third kappa shape index (κ3) is 6.15. The summed E-state index contributed by atoms with van der Waals surface area (Å²) in [6.45, 7) is 15.1. The normalized spacial score (nSPS) is 21.7. The predicted octanol–water partition coefficient (Wildman–Crippen LogP) is 5.67. The fourth-order valence-electron chi connectivity index (χ4n) is 7.61. The van der Waals surface area contributed by atoms with Gasteiger partial charge in [-0.2, -0.15) is 0 Å². The number of Topliss-reactive ketones (excluding diaryl/α,β-unsaturated/α-hetero) is 1. The lowest BCUT2D eigenvalue weighted by Crippen LogP contribution is -2.63. The van der Waals surface area contributed by atoms with Gasteiger partial charge in [0.15, 0.2) is 5.78 Å². The van der Waals surface area contributed by atoms with Crippen molar-refractivity contribution in [2.24, 2.45) is 5.92 Å². The van der Waals surface area contributed by atoms with E-state index in [4.69, 9.17) is 0 Å². The topological polar surface area (TPSA) is 80.4 Å². The maximum atomic E-state index is 13.7. The van der Waals surface area contributed by atoms with E-state index in [0.29, 0.717) is 19.3 Å². The van der Waals surface area contributed by atoms with Crippen LogP contribution in [0.2, 0.25) is 0 Å². The summed E-state index contributed by atoms with van der Waals surface area (Å²) >= 11 is 0. The number of aromatic nitrogens is 3. The molecule has 2 amide bonds. The molecule has 2 aromatic rings. The average Bonchev–Trinajstić information content (AvgIpc) is 3.61. The number of piperidine rings is 1. The van der Waals surface area contributed by atoms with Gasteiger partial charge in [0.05, 0.1) is 6.33 Å². The van der Waals surface area contributed by atoms with E-state index in [-0.39, 0.29) is 52.7 Å². The molecule has 3 atom stereocenters. The first-order valence-corrected chi connectivity index (χ1v) is 14.6. The Morgan fingerprint density at radius 3 is 2.28 bits per heavy atom. The van der Waals surface area contributed by atoms with Crippen molar-refractivity contribution in [3.8, 4) is 0 Å². The number of likely N-dealkylation sites (tertiary alicyclic amines) is 2. The highest BCUT2D eigenvalue weighted by atomic mass is 16.2. The number of amides is 2. The van der Waals surface area contributed by atoms with Crippen molar-refractivity contribution >= 4 is 17.6 Å². The van der Waals surface area contributed by atoms with E-state index in [1.807, 2.05) is 42.1 Å². The van der Waals surface area contributed by atoms with E-state index >= 15 is 0 Å². The fourth-order valence-corrected chi connectivity index (χ4v) is 7.61. The third-order valence-electron chi connectivity index (χ3n) is 9.02. The fraction of sp³-hybridized carbons (Fsp3) is 0.677. The molecule has 0 aliphatic carbocycles. The smallest absolute Gasteiger partial charge is 0.222 e. The summed E-state index contributed by atoms with van der Waals surface area (Å²) in [5, 5.41) is 0. The van der Waals surface area contributed by atoms with E-state index in [9.17, 15) is 14.4 Å². The molecule has 39 heavy (non-hydrogen) atoms. The summed E-state index contributed by atoms with van der Waals surface area (Å²) in [5.74, 6) is 0.327. The van der Waals surface area contributed by atoms with Crippen LogP contribution in [-0.2, 0) is 9.59 Å². The number of imidazole rings is 1. The molecule has 2 aliphatic rings. The van der Waals surface area contributed by atoms with Gasteiger partial charge in [-0.25, -0.2) is 4.98 Å². The Labute approximate surface area is 233 Å². The Hall–Kier alpha value is -2.90. The van der Waals surface area contributed by atoms with Gasteiger partial charge in [-0.15, -0.1) is 0 Å². The number of carbonyl (C=O) groups is 3. The average molecular weight is 538 g/mol. The maximum Gasteiger partial charge on any atom is 0.222 e. The zero-order valence-corrected chi connectivity index (χ0v) is 24.9. The van der Waals surface area contributed by atoms with E-state index < -0.39 is 0 Å². The second-order valence-corrected chi connectivity index (χ2v) is 13.0. The minimum atomic E-state index is -0.385. The first kappa shape index (κ1) is 29.1. The molecule has 2 fully saturated rings. The standard InChI is InChI=1S/C31H47N5O3/c1-8-26(34-15-12-32-21-34)17-27(35-13-9-10-28(35)38)16-22(2)33-14-11-24(20-33)29(39)25-18-30(4,5)36(23(3)37)31(6,7)19-25/h11-12,14-15,20-22,25-27H,8-10,13,16-19H2,1-7H3. The van der Waals surface area contributed by atoms with Gasteiger partial charge < -0.3 is 18.9 Å². The minimum absolute atomic E-state index is 0.0558. The van der Waals surface area contributed by atoms with Gasteiger partial charge in [0.1, 0.15) is 0 Å². The molecule has 3 unspecified atom stereocenters. The molecule has 2 saturated heterocycles. The van der Waals surface area contributed by atoms with Gasteiger partial charge in [0, 0.05) is 85.4 Å². The second-order valence-electron chi connectivity index (χ2n) is 13.0. The maximum absolute atomic E-state index is 13.7. The van der Waals surface area contributed by atoms with Gasteiger partial charge in [0.25, 0.3) is 0 Å². The molecule has 2 aromatic heterocycles. The summed E-state index contributed by atoms with van der Waals surface area (Å²) in [6.07, 6.45) is 15.2. The van der Waals surface area contributed by atoms with E-state index in [0.717, 1.165) is 37.8 Å². The highest BCUT2D eigenvalue weighted by Gasteiger charge is 2.48. The molecule has 0 spiro atoms. The highest BCUT2D eigenvalue weighted by molar-refractivity contribution is 5.98. The zero-order valence-electron chi connectivity index (χ0n) is 24.9. The molecule has 4 rings (SSSR count). The lowest BCUT2D eigenvalue weighted by atomic mass is 9.71. The molecule has 0 saturated carbocycles. The molecule has 0 N–H and O–H groups in total. The van der Waals surface area contributed by atoms with E-state index in [1.54, 1.807) is 6.92 Å². The number of ketones is 1. The van der Waals surface area contributed by atoms with Crippen LogP contribution in [0.5, 0.6) is 0 Å². The second kappa shape index (κ2) is 11.3. The van der Waals surface area contributed by atoms with Crippen LogP contribution in [0.4, 0.5) is 0 Å². The summed E-state index contributed by atoms with van der Waals surface area (Å²) in [7, 11) is 0. The Morgan fingerprint density at radius 1 is 1.05 bits per heavy atom. The van der Waals surface area contributed by atoms with Crippen molar-refractivity contribution in [2.45, 2.75) is 123 Å². The SMILES string of the molecule is CCC(CC(CC(C)n1ccc(C(=O)C2CC(C)(C)N(C(C)=O)C(C)(C)C2)c1)N1CCCC1=O)n1ccnc1. The first-order chi connectivity index (χ1) is 18.3. The Balaban J connectivity index is 1.49. The summed E-state index contributed by atoms with van der Waals surface area (Å²) < 4.78 is 4.30. The van der Waals surface area contributed by atoms with Crippen molar-refractivity contribution in [1.29, 1.82) is 0 Å². The Morgan fingerprint density at radius 2 is 1.74 bits per heavy atom. The minimum Gasteiger partial charge on any atom is -0.351 e. The van der Waals surface area contributed by atoms with E-state index in [1.165, 1.54) is 0 Å². The molecular weight excluding hydrogens is 490 g/mol. The largest absolute Gasteiger partial charge is 0.351 e. The summed E-state index contributed by atoms with van der Waals surface area (Å²) in [6, 6.07) is 2.48. The van der Waals surface area contributed by atoms with Gasteiger partial charge in [-0.3, -0.25) is 14.4 Å². The monoisotopic (exact) mass is 537 g/mol. The van der Waals surface area contributed by atoms with Crippen molar-refractivity contribution < 1.29 is 14.4 Å². The molecule has 214 valence electrons. The number of nitrogens with zero attached hydrogens (tertiary/aromatic N) is 5. The third-order valence-corrected chi connectivity index (χ3v) is 9.02. The van der Waals surface area contributed by atoms with Gasteiger partial charge >= 0.3 is 0 Å². The van der Waals surface area contributed by atoms with Gasteiger partial charge in [0.2, 0.25) is 11.8 Å². The van der Waals surface area contributed by atoms with Crippen LogP contribution >= 0.6 is 0 Å². The summed E-state index contributed by atoms with van der Waals surface area (Å²) in [4.78, 5) is 47.1. The van der Waals surface area contributed by atoms with Crippen molar-refractivity contribution in [2.75, 3.05) is 6.54 Å². The summed E-state index contributed by atoms with van der Waals surface area (Å²) in [5.41, 5.74) is -0.0392. The molecule has 0 aromatic carbocycles. The Kier molecular flexibility index (Phi) is 8.43. The molecule has 8 nitrogen and oxygen atoms in total. The van der Waals surface area contributed by atoms with Gasteiger partial charge in [-0.1, -0.05) is 6.92 Å². The zero-order chi connectivity index (χ0) is 28.5. The van der Waals surface area contributed by atoms with Crippen LogP contribution in [-0.4, -0.2) is 65.2 Å². The van der Waals surface area contributed by atoms with Crippen molar-refractivity contribution in [3.05, 3.63) is 42.7 Å². The molecular formula is C31H47N5O3. The van der Waals surface area contributed by atoms with Crippen LogP contribution in [0.1, 0.15) is 116 Å². The van der Waals surface area contributed by atoms with Crippen LogP contribution in [0.3, 0.4) is 0 Å². The number of rotatable bonds is 10. The lowest BCUT2D eigenvalue weighted by Gasteiger charge is -2.54. The molecule has 0 bridgehead atoms. The molecule has 8 heteroatoms. The van der Waals surface area contributed by atoms with Crippen molar-refractivity contribution in [3.63, 3.8) is 0 Å².